The maximum Gasteiger partial charge on any atom is 0.150 e. The number of hydrogen-bond donors (Lipinski definition) is 2. The Morgan fingerprint density at radius 2 is 0.837 bits per heavy atom. The molecule has 0 heterocycles. The van der Waals surface area contributed by atoms with Crippen molar-refractivity contribution in [2.75, 3.05) is 11.5 Å². The third-order valence-corrected chi connectivity index (χ3v) is 8.20. The van der Waals surface area contributed by atoms with Crippen LogP contribution in [-0.2, 0) is 0 Å². The van der Waals surface area contributed by atoms with Gasteiger partial charge in [-0.25, -0.2) is 0 Å². The van der Waals surface area contributed by atoms with Gasteiger partial charge in [0.2, 0.25) is 0 Å². The Morgan fingerprint density at radius 1 is 0.465 bits per heavy atom. The lowest BCUT2D eigenvalue weighted by Gasteiger charge is -2.19. The van der Waals surface area contributed by atoms with Crippen molar-refractivity contribution in [2.45, 2.75) is 96.3 Å². The summed E-state index contributed by atoms with van der Waals surface area (Å²) in [5.41, 5.74) is 16.0. The smallest absolute Gasteiger partial charge is 0.150 e. The third kappa shape index (κ3) is 10.7. The number of hydrogen-bond acceptors (Lipinski definition) is 4. The molecule has 0 spiro atoms. The van der Waals surface area contributed by atoms with Crippen molar-refractivity contribution in [3.05, 3.63) is 108 Å². The average Bonchev–Trinajstić information content (AvgIpc) is 3.03. The summed E-state index contributed by atoms with van der Waals surface area (Å²) in [6.45, 7) is 2.28. The summed E-state index contributed by atoms with van der Waals surface area (Å²) in [5, 5.41) is 0. The van der Waals surface area contributed by atoms with E-state index < -0.39 is 0 Å². The van der Waals surface area contributed by atoms with Crippen LogP contribution in [0.2, 0.25) is 0 Å². The summed E-state index contributed by atoms with van der Waals surface area (Å²) < 4.78 is 12.1. The molecule has 228 valence electrons. The van der Waals surface area contributed by atoms with Gasteiger partial charge in [0.1, 0.15) is 23.0 Å². The fourth-order valence-electron chi connectivity index (χ4n) is 5.65. The number of ether oxygens (including phenoxy) is 2. The molecule has 0 fully saturated rings. The number of para-hydroxylation sites is 4. The number of anilines is 2. The predicted octanol–water partition coefficient (Wildman–Crippen LogP) is 11.7. The van der Waals surface area contributed by atoms with Gasteiger partial charge in [0.05, 0.1) is 11.4 Å². The molecule has 0 unspecified atom stereocenters. The Hall–Kier alpha value is -3.92. The molecule has 4 heteroatoms. The van der Waals surface area contributed by atoms with Crippen LogP contribution in [0, 0.1) is 0 Å². The summed E-state index contributed by atoms with van der Waals surface area (Å²) in [6, 6.07) is 32.1. The van der Waals surface area contributed by atoms with E-state index in [-0.39, 0.29) is 0 Å². The van der Waals surface area contributed by atoms with E-state index in [1.165, 1.54) is 88.2 Å². The molecule has 0 amide bonds. The number of nitrogens with two attached hydrogens (primary N) is 2. The van der Waals surface area contributed by atoms with E-state index in [4.69, 9.17) is 20.9 Å². The van der Waals surface area contributed by atoms with Crippen LogP contribution in [-0.4, -0.2) is 0 Å². The summed E-state index contributed by atoms with van der Waals surface area (Å²) in [4.78, 5) is 0. The average molecular weight is 579 g/mol. The zero-order valence-electron chi connectivity index (χ0n) is 26.0. The summed E-state index contributed by atoms with van der Waals surface area (Å²) in [6.07, 6.45) is 17.4. The minimum absolute atomic E-state index is 0.301. The molecule has 0 aliphatic heterocycles. The first-order valence-corrected chi connectivity index (χ1v) is 16.4. The lowest BCUT2D eigenvalue weighted by atomic mass is 9.86. The van der Waals surface area contributed by atoms with Gasteiger partial charge in [-0.15, -0.1) is 0 Å². The molecule has 0 aliphatic rings. The molecule has 4 aromatic carbocycles. The lowest BCUT2D eigenvalue weighted by molar-refractivity contribution is 0.484. The highest BCUT2D eigenvalue weighted by Crippen LogP contribution is 2.35. The van der Waals surface area contributed by atoms with Gasteiger partial charge in [0, 0.05) is 5.92 Å². The number of unbranched alkanes of at least 4 members (excludes halogenated alkanes) is 11. The highest BCUT2D eigenvalue weighted by Gasteiger charge is 2.15. The summed E-state index contributed by atoms with van der Waals surface area (Å²) in [7, 11) is 0. The van der Waals surface area contributed by atoms with Crippen molar-refractivity contribution < 1.29 is 9.47 Å². The minimum atomic E-state index is 0.301. The van der Waals surface area contributed by atoms with Crippen LogP contribution in [0.4, 0.5) is 11.4 Å². The van der Waals surface area contributed by atoms with E-state index in [1.807, 2.05) is 72.8 Å². The molecular weight excluding hydrogens is 528 g/mol. The molecule has 4 nitrogen and oxygen atoms in total. The highest BCUT2D eigenvalue weighted by molar-refractivity contribution is 5.54. The maximum absolute atomic E-state index is 6.08. The molecule has 0 aromatic heterocycles. The van der Waals surface area contributed by atoms with Crippen molar-refractivity contribution in [2.24, 2.45) is 0 Å². The second-order valence-corrected chi connectivity index (χ2v) is 11.6. The van der Waals surface area contributed by atoms with Gasteiger partial charge in [0.15, 0.2) is 0 Å². The Bertz CT molecular complexity index is 1240. The van der Waals surface area contributed by atoms with Crippen LogP contribution < -0.4 is 20.9 Å². The van der Waals surface area contributed by atoms with E-state index in [0.717, 1.165) is 17.9 Å². The van der Waals surface area contributed by atoms with Gasteiger partial charge >= 0.3 is 0 Å². The van der Waals surface area contributed by atoms with Gasteiger partial charge in [-0.1, -0.05) is 133 Å². The molecule has 0 saturated carbocycles. The van der Waals surface area contributed by atoms with E-state index in [1.54, 1.807) is 0 Å². The molecule has 0 bridgehead atoms. The summed E-state index contributed by atoms with van der Waals surface area (Å²) in [5.74, 6) is 3.23. The molecule has 0 aliphatic carbocycles. The van der Waals surface area contributed by atoms with Gasteiger partial charge in [0.25, 0.3) is 0 Å². The van der Waals surface area contributed by atoms with Crippen molar-refractivity contribution in [3.63, 3.8) is 0 Å². The number of rotatable bonds is 19. The lowest BCUT2D eigenvalue weighted by Crippen LogP contribution is -2.02. The topological polar surface area (TPSA) is 70.5 Å². The molecule has 4 N–H and O–H groups in total. The zero-order valence-corrected chi connectivity index (χ0v) is 26.0. The van der Waals surface area contributed by atoms with Crippen LogP contribution in [0.1, 0.15) is 107 Å². The SMILES string of the molecule is CCCCCCCCCCCCCCC(c1ccc(Oc2ccccc2N)cc1)c1ccc(Oc2ccccc2N)cc1. The van der Waals surface area contributed by atoms with Crippen molar-refractivity contribution in [3.8, 4) is 23.0 Å². The Morgan fingerprint density at radius 3 is 1.23 bits per heavy atom. The van der Waals surface area contributed by atoms with E-state index in [0.29, 0.717) is 28.8 Å². The van der Waals surface area contributed by atoms with Crippen molar-refractivity contribution in [1.29, 1.82) is 0 Å². The van der Waals surface area contributed by atoms with Gasteiger partial charge < -0.3 is 20.9 Å². The van der Waals surface area contributed by atoms with E-state index in [2.05, 4.69) is 31.2 Å². The van der Waals surface area contributed by atoms with Gasteiger partial charge in [-0.05, 0) is 66.1 Å². The minimum Gasteiger partial charge on any atom is -0.455 e. The van der Waals surface area contributed by atoms with E-state index >= 15 is 0 Å². The Balaban J connectivity index is 1.34. The quantitative estimate of drug-likeness (QED) is 0.0857. The zero-order chi connectivity index (χ0) is 30.1. The fraction of sp³-hybridized carbons (Fsp3) is 0.385. The molecule has 0 radical (unpaired) electrons. The molecule has 4 rings (SSSR count). The largest absolute Gasteiger partial charge is 0.455 e. The van der Waals surface area contributed by atoms with Crippen molar-refractivity contribution in [1.82, 2.24) is 0 Å². The molecule has 4 aromatic rings. The van der Waals surface area contributed by atoms with Crippen LogP contribution in [0.25, 0.3) is 0 Å². The predicted molar refractivity (Wildman–Crippen MR) is 182 cm³/mol. The standard InChI is InChI=1S/C39H50N2O2/c1-2-3-4-5-6-7-8-9-10-11-12-13-18-35(31-23-27-33(28-24-31)42-38-21-16-14-19-36(38)40)32-25-29-34(30-26-32)43-39-22-17-15-20-37(39)41/h14-17,19-30,35H,2-13,18,40-41H2,1H3. The second kappa shape index (κ2) is 17.9. The van der Waals surface area contributed by atoms with E-state index in [9.17, 15) is 0 Å². The first kappa shape index (κ1) is 32.0. The third-order valence-electron chi connectivity index (χ3n) is 8.20. The Labute approximate surface area is 259 Å². The van der Waals surface area contributed by atoms with Gasteiger partial charge in [-0.2, -0.15) is 0 Å². The maximum atomic E-state index is 6.08. The molecule has 0 atom stereocenters. The molecule has 0 saturated heterocycles. The van der Waals surface area contributed by atoms with Gasteiger partial charge in [-0.3, -0.25) is 0 Å². The van der Waals surface area contributed by atoms with Crippen molar-refractivity contribution >= 4 is 11.4 Å². The normalized spacial score (nSPS) is 11.1. The first-order chi connectivity index (χ1) is 21.1. The number of nitrogen functional groups attached to an aromatic ring is 2. The fourth-order valence-corrected chi connectivity index (χ4v) is 5.65. The first-order valence-electron chi connectivity index (χ1n) is 16.4. The van der Waals surface area contributed by atoms with Crippen LogP contribution >= 0.6 is 0 Å². The Kier molecular flexibility index (Phi) is 13.3. The summed E-state index contributed by atoms with van der Waals surface area (Å²) >= 11 is 0. The highest BCUT2D eigenvalue weighted by atomic mass is 16.5. The number of benzene rings is 4. The van der Waals surface area contributed by atoms with Crippen LogP contribution in [0.5, 0.6) is 23.0 Å². The second-order valence-electron chi connectivity index (χ2n) is 11.6. The van der Waals surface area contributed by atoms with Crippen LogP contribution in [0.3, 0.4) is 0 Å². The van der Waals surface area contributed by atoms with Crippen LogP contribution in [0.15, 0.2) is 97.1 Å². The molecule has 43 heavy (non-hydrogen) atoms. The molecular formula is C39H50N2O2. The monoisotopic (exact) mass is 578 g/mol.